The number of fused-ring (bicyclic) bond motifs is 2. The lowest BCUT2D eigenvalue weighted by Gasteiger charge is -2.36. The van der Waals surface area contributed by atoms with Crippen molar-refractivity contribution >= 4 is 16.9 Å². The number of nitrogens with zero attached hydrogens (tertiary/aromatic N) is 3. The maximum Gasteiger partial charge on any atom is 0.254 e. The number of β-amino-alcohol motifs (C(OH)–C–C–N with tert-alkyl or cyclic N) is 1. The number of nitrogens with one attached hydrogen (secondary N) is 1. The first-order chi connectivity index (χ1) is 14.5. The van der Waals surface area contributed by atoms with E-state index in [9.17, 15) is 9.90 Å². The average molecular weight is 405 g/mol. The van der Waals surface area contributed by atoms with Gasteiger partial charge in [0, 0.05) is 54.9 Å². The summed E-state index contributed by atoms with van der Waals surface area (Å²) in [7, 11) is 0. The molecule has 4 heterocycles. The molecule has 1 amide bonds. The third-order valence-electron chi connectivity index (χ3n) is 6.42. The van der Waals surface area contributed by atoms with E-state index in [1.54, 1.807) is 0 Å². The number of aliphatic hydroxyl groups is 1. The summed E-state index contributed by atoms with van der Waals surface area (Å²) >= 11 is 0. The molecule has 0 saturated carbocycles. The van der Waals surface area contributed by atoms with Gasteiger partial charge in [-0.1, -0.05) is 19.4 Å². The number of hydrogen-bond donors (Lipinski definition) is 2. The third-order valence-corrected chi connectivity index (χ3v) is 6.42. The monoisotopic (exact) mass is 404 g/mol. The molecule has 6 nitrogen and oxygen atoms in total. The standard InChI is InChI=1S/C24H28N4O2/c1-3-4-15(2)28-12-17-9-16(5-6-21(17)24(28)30)22-10-18(11-27-13-19(29)14-27)20-7-8-25-23(20)26-22/h5-10,15,19,29H,3-4,11-14H2,1-2H3,(H,25,26). The maximum atomic E-state index is 12.8. The van der Waals surface area contributed by atoms with Crippen molar-refractivity contribution in [1.29, 1.82) is 0 Å². The van der Waals surface area contributed by atoms with Crippen LogP contribution in [0.5, 0.6) is 0 Å². The second-order valence-electron chi connectivity index (χ2n) is 8.70. The molecule has 5 rings (SSSR count). The Morgan fingerprint density at radius 3 is 2.87 bits per heavy atom. The van der Waals surface area contributed by atoms with Gasteiger partial charge in [0.1, 0.15) is 5.65 Å². The summed E-state index contributed by atoms with van der Waals surface area (Å²) in [6.07, 6.45) is 3.81. The molecule has 1 unspecified atom stereocenters. The highest BCUT2D eigenvalue weighted by atomic mass is 16.3. The van der Waals surface area contributed by atoms with Gasteiger partial charge < -0.3 is 15.0 Å². The van der Waals surface area contributed by atoms with Crippen LogP contribution in [0.2, 0.25) is 0 Å². The van der Waals surface area contributed by atoms with Crippen LogP contribution >= 0.6 is 0 Å². The minimum atomic E-state index is -0.208. The van der Waals surface area contributed by atoms with Crippen LogP contribution in [0.3, 0.4) is 0 Å². The zero-order valence-electron chi connectivity index (χ0n) is 17.6. The van der Waals surface area contributed by atoms with Crippen molar-refractivity contribution in [2.75, 3.05) is 13.1 Å². The van der Waals surface area contributed by atoms with Crippen LogP contribution < -0.4 is 0 Å². The quantitative estimate of drug-likeness (QED) is 0.659. The van der Waals surface area contributed by atoms with E-state index >= 15 is 0 Å². The number of H-pyrrole nitrogens is 1. The van der Waals surface area contributed by atoms with E-state index in [0.717, 1.165) is 65.9 Å². The summed E-state index contributed by atoms with van der Waals surface area (Å²) in [4.78, 5) is 25.1. The Bertz CT molecular complexity index is 1100. The Labute approximate surface area is 176 Å². The second-order valence-corrected chi connectivity index (χ2v) is 8.70. The van der Waals surface area contributed by atoms with E-state index in [1.165, 1.54) is 5.56 Å². The minimum Gasteiger partial charge on any atom is -0.390 e. The van der Waals surface area contributed by atoms with Crippen molar-refractivity contribution in [3.05, 3.63) is 53.2 Å². The lowest BCUT2D eigenvalue weighted by Crippen LogP contribution is -2.49. The number of aromatic nitrogens is 2. The summed E-state index contributed by atoms with van der Waals surface area (Å²) in [5, 5.41) is 10.7. The highest BCUT2D eigenvalue weighted by Gasteiger charge is 2.31. The fourth-order valence-corrected chi connectivity index (χ4v) is 4.73. The molecule has 2 aliphatic rings. The SMILES string of the molecule is CCCC(C)N1Cc2cc(-c3cc(CN4CC(O)C4)c4cc[nH]c4n3)ccc2C1=O. The highest BCUT2D eigenvalue weighted by molar-refractivity contribution is 5.99. The number of aromatic amines is 1. The molecule has 0 aliphatic carbocycles. The van der Waals surface area contributed by atoms with Gasteiger partial charge in [-0.2, -0.15) is 0 Å². The smallest absolute Gasteiger partial charge is 0.254 e. The fourth-order valence-electron chi connectivity index (χ4n) is 4.73. The normalized spacial score (nSPS) is 18.1. The molecule has 0 spiro atoms. The lowest BCUT2D eigenvalue weighted by molar-refractivity contribution is -0.00263. The van der Waals surface area contributed by atoms with Crippen molar-refractivity contribution in [3.63, 3.8) is 0 Å². The molecule has 0 bridgehead atoms. The summed E-state index contributed by atoms with van der Waals surface area (Å²) in [5.41, 5.74) is 5.93. The Morgan fingerprint density at radius 2 is 2.10 bits per heavy atom. The zero-order valence-corrected chi connectivity index (χ0v) is 17.6. The first-order valence-corrected chi connectivity index (χ1v) is 10.8. The predicted molar refractivity (Wildman–Crippen MR) is 117 cm³/mol. The van der Waals surface area contributed by atoms with Gasteiger partial charge in [0.15, 0.2) is 0 Å². The maximum absolute atomic E-state index is 12.8. The molecule has 1 saturated heterocycles. The van der Waals surface area contributed by atoms with Gasteiger partial charge >= 0.3 is 0 Å². The van der Waals surface area contributed by atoms with Gasteiger partial charge in [0.05, 0.1) is 11.8 Å². The number of benzene rings is 1. The van der Waals surface area contributed by atoms with Gasteiger partial charge in [-0.25, -0.2) is 4.98 Å². The van der Waals surface area contributed by atoms with Crippen LogP contribution in [0.25, 0.3) is 22.3 Å². The Balaban J connectivity index is 1.47. The third kappa shape index (κ3) is 3.30. The topological polar surface area (TPSA) is 72.5 Å². The van der Waals surface area contributed by atoms with Crippen LogP contribution in [0, 0.1) is 0 Å². The number of amides is 1. The summed E-state index contributed by atoms with van der Waals surface area (Å²) in [6, 6.07) is 10.6. The predicted octanol–water partition coefficient (Wildman–Crippen LogP) is 3.55. The number of pyridine rings is 1. The number of aliphatic hydroxyl groups excluding tert-OH is 1. The molecule has 1 fully saturated rings. The Morgan fingerprint density at radius 1 is 1.27 bits per heavy atom. The van der Waals surface area contributed by atoms with Gasteiger partial charge in [0.2, 0.25) is 0 Å². The lowest BCUT2D eigenvalue weighted by atomic mass is 10.0. The van der Waals surface area contributed by atoms with E-state index in [0.29, 0.717) is 6.54 Å². The van der Waals surface area contributed by atoms with Crippen LogP contribution in [0.15, 0.2) is 36.5 Å². The number of rotatable bonds is 6. The van der Waals surface area contributed by atoms with E-state index in [1.807, 2.05) is 23.2 Å². The summed E-state index contributed by atoms with van der Waals surface area (Å²) < 4.78 is 0. The van der Waals surface area contributed by atoms with Crippen LogP contribution in [0.1, 0.15) is 48.2 Å². The minimum absolute atomic E-state index is 0.141. The summed E-state index contributed by atoms with van der Waals surface area (Å²) in [5.74, 6) is 0.141. The molecule has 156 valence electrons. The van der Waals surface area contributed by atoms with Crippen LogP contribution in [-0.2, 0) is 13.1 Å². The number of carbonyl (C=O) groups is 1. The van der Waals surface area contributed by atoms with Crippen molar-refractivity contribution in [2.24, 2.45) is 0 Å². The van der Waals surface area contributed by atoms with E-state index < -0.39 is 0 Å². The van der Waals surface area contributed by atoms with E-state index in [2.05, 4.69) is 41.9 Å². The fraction of sp³-hybridized carbons (Fsp3) is 0.417. The molecule has 2 N–H and O–H groups in total. The van der Waals surface area contributed by atoms with E-state index in [-0.39, 0.29) is 18.1 Å². The Kier molecular flexibility index (Phi) is 4.83. The largest absolute Gasteiger partial charge is 0.390 e. The van der Waals surface area contributed by atoms with Gasteiger partial charge in [0.25, 0.3) is 5.91 Å². The van der Waals surface area contributed by atoms with Crippen LogP contribution in [0.4, 0.5) is 0 Å². The molecule has 6 heteroatoms. The first-order valence-electron chi connectivity index (χ1n) is 10.8. The van der Waals surface area contributed by atoms with Gasteiger partial charge in [-0.3, -0.25) is 9.69 Å². The molecule has 30 heavy (non-hydrogen) atoms. The number of hydrogen-bond acceptors (Lipinski definition) is 4. The van der Waals surface area contributed by atoms with Crippen molar-refractivity contribution in [1.82, 2.24) is 19.8 Å². The van der Waals surface area contributed by atoms with Gasteiger partial charge in [-0.05, 0) is 48.7 Å². The highest BCUT2D eigenvalue weighted by Crippen LogP contribution is 2.32. The van der Waals surface area contributed by atoms with E-state index in [4.69, 9.17) is 4.98 Å². The average Bonchev–Trinajstić information content (AvgIpc) is 3.31. The molecule has 2 aromatic heterocycles. The number of likely N-dealkylation sites (tertiary alicyclic amines) is 1. The van der Waals surface area contributed by atoms with Crippen molar-refractivity contribution in [2.45, 2.75) is 51.9 Å². The molecule has 1 atom stereocenters. The first kappa shape index (κ1) is 19.3. The molecule has 2 aliphatic heterocycles. The van der Waals surface area contributed by atoms with Crippen molar-refractivity contribution < 1.29 is 9.90 Å². The molecular weight excluding hydrogens is 376 g/mol. The number of carbonyl (C=O) groups excluding carboxylic acids is 1. The zero-order chi connectivity index (χ0) is 20.8. The Hall–Kier alpha value is -2.70. The van der Waals surface area contributed by atoms with Crippen LogP contribution in [-0.4, -0.2) is 56.0 Å². The molecule has 3 aromatic rings. The summed E-state index contributed by atoms with van der Waals surface area (Å²) in [6.45, 7) is 7.20. The second kappa shape index (κ2) is 7.52. The molecule has 1 aromatic carbocycles. The molecular formula is C24H28N4O2. The van der Waals surface area contributed by atoms with Crippen molar-refractivity contribution in [3.8, 4) is 11.3 Å². The molecule has 0 radical (unpaired) electrons. The van der Waals surface area contributed by atoms with Gasteiger partial charge in [-0.15, -0.1) is 0 Å².